The fourth-order valence-electron chi connectivity index (χ4n) is 2.87. The van der Waals surface area contributed by atoms with E-state index in [1.54, 1.807) is 12.1 Å². The minimum absolute atomic E-state index is 0.124. The van der Waals surface area contributed by atoms with Crippen molar-refractivity contribution in [2.75, 3.05) is 18.0 Å². The zero-order valence-corrected chi connectivity index (χ0v) is 15.3. The summed E-state index contributed by atoms with van der Waals surface area (Å²) in [5.41, 5.74) is 1.55. The summed E-state index contributed by atoms with van der Waals surface area (Å²) in [5, 5.41) is 2.90. The van der Waals surface area contributed by atoms with Gasteiger partial charge in [0.25, 0.3) is 5.91 Å². The van der Waals surface area contributed by atoms with Crippen molar-refractivity contribution in [3.8, 4) is 0 Å². The van der Waals surface area contributed by atoms with E-state index in [1.807, 2.05) is 25.1 Å². The van der Waals surface area contributed by atoms with Crippen LogP contribution in [0.2, 0.25) is 0 Å². The maximum absolute atomic E-state index is 12.2. The number of benzene rings is 1. The van der Waals surface area contributed by atoms with Crippen LogP contribution in [0.3, 0.4) is 0 Å². The maximum Gasteiger partial charge on any atom is 0.251 e. The van der Waals surface area contributed by atoms with Gasteiger partial charge in [-0.3, -0.25) is 4.79 Å². The third-order valence-electron chi connectivity index (χ3n) is 4.06. The smallest absolute Gasteiger partial charge is 0.251 e. The Labute approximate surface area is 150 Å². The van der Waals surface area contributed by atoms with E-state index in [1.165, 1.54) is 19.3 Å². The van der Waals surface area contributed by atoms with Crippen molar-refractivity contribution in [2.24, 2.45) is 0 Å². The Bertz CT molecular complexity index is 729. The second-order valence-corrected chi connectivity index (χ2v) is 6.94. The third kappa shape index (κ3) is 4.32. The number of carbonyl (C=O) groups excluding carboxylic acids is 1. The van der Waals surface area contributed by atoms with Crippen LogP contribution < -0.4 is 10.2 Å². The normalized spacial score (nSPS) is 14.5. The Morgan fingerprint density at radius 2 is 2.00 bits per heavy atom. The van der Waals surface area contributed by atoms with Crippen LogP contribution in [-0.2, 0) is 6.54 Å². The summed E-state index contributed by atoms with van der Waals surface area (Å²) in [6, 6.07) is 9.34. The van der Waals surface area contributed by atoms with Crippen LogP contribution in [-0.4, -0.2) is 29.0 Å². The third-order valence-corrected chi connectivity index (χ3v) is 4.55. The first-order valence-electron chi connectivity index (χ1n) is 8.25. The number of rotatable bonds is 4. The molecule has 2 aromatic rings. The first kappa shape index (κ1) is 16.9. The number of carbonyl (C=O) groups is 1. The molecule has 3 rings (SSSR count). The number of hydrogen-bond acceptors (Lipinski definition) is 4. The average Bonchev–Trinajstić information content (AvgIpc) is 2.60. The lowest BCUT2D eigenvalue weighted by atomic mass is 10.1. The highest BCUT2D eigenvalue weighted by molar-refractivity contribution is 9.10. The number of hydrogen-bond donors (Lipinski definition) is 1. The van der Waals surface area contributed by atoms with E-state index < -0.39 is 0 Å². The molecular formula is C18H21BrN4O. The molecule has 0 unspecified atom stereocenters. The van der Waals surface area contributed by atoms with E-state index in [0.717, 1.165) is 29.1 Å². The van der Waals surface area contributed by atoms with Crippen LogP contribution >= 0.6 is 15.9 Å². The van der Waals surface area contributed by atoms with Gasteiger partial charge in [-0.15, -0.1) is 0 Å². The second-order valence-electron chi connectivity index (χ2n) is 6.02. The average molecular weight is 389 g/mol. The molecule has 24 heavy (non-hydrogen) atoms. The number of nitrogens with one attached hydrogen (secondary N) is 1. The number of aryl methyl sites for hydroxylation is 1. The fraction of sp³-hybridized carbons (Fsp3) is 0.389. The molecule has 0 radical (unpaired) electrons. The molecule has 6 heteroatoms. The van der Waals surface area contributed by atoms with Gasteiger partial charge < -0.3 is 10.2 Å². The van der Waals surface area contributed by atoms with E-state index >= 15 is 0 Å². The van der Waals surface area contributed by atoms with Crippen LogP contribution in [0.1, 0.15) is 41.1 Å². The van der Waals surface area contributed by atoms with Gasteiger partial charge in [0.05, 0.1) is 6.54 Å². The topological polar surface area (TPSA) is 58.1 Å². The predicted octanol–water partition coefficient (Wildman–Crippen LogP) is 3.47. The fourth-order valence-corrected chi connectivity index (χ4v) is 3.27. The molecule has 0 bridgehead atoms. The van der Waals surface area contributed by atoms with Gasteiger partial charge in [-0.1, -0.05) is 22.0 Å². The summed E-state index contributed by atoms with van der Waals surface area (Å²) >= 11 is 3.38. The molecule has 126 valence electrons. The molecule has 1 amide bonds. The van der Waals surface area contributed by atoms with Crippen LogP contribution in [0.5, 0.6) is 0 Å². The van der Waals surface area contributed by atoms with Gasteiger partial charge in [0, 0.05) is 34.9 Å². The molecule has 0 atom stereocenters. The largest absolute Gasteiger partial charge is 0.357 e. The summed E-state index contributed by atoms with van der Waals surface area (Å²) in [6.07, 6.45) is 3.70. The summed E-state index contributed by atoms with van der Waals surface area (Å²) in [7, 11) is 0. The SMILES string of the molecule is Cc1cc(N2CCCCC2)nc(CNC(=O)c2cccc(Br)c2)n1. The summed E-state index contributed by atoms with van der Waals surface area (Å²) in [6.45, 7) is 4.38. The summed E-state index contributed by atoms with van der Waals surface area (Å²) in [5.74, 6) is 1.49. The minimum atomic E-state index is -0.124. The van der Waals surface area contributed by atoms with Gasteiger partial charge in [0.2, 0.25) is 0 Å². The van der Waals surface area contributed by atoms with Crippen molar-refractivity contribution in [3.63, 3.8) is 0 Å². The summed E-state index contributed by atoms with van der Waals surface area (Å²) < 4.78 is 0.884. The monoisotopic (exact) mass is 388 g/mol. The molecule has 0 aliphatic carbocycles. The molecule has 0 saturated carbocycles. The highest BCUT2D eigenvalue weighted by Gasteiger charge is 2.14. The zero-order chi connectivity index (χ0) is 16.9. The van der Waals surface area contributed by atoms with Crippen molar-refractivity contribution < 1.29 is 4.79 Å². The molecule has 1 aliphatic rings. The van der Waals surface area contributed by atoms with Gasteiger partial charge in [-0.25, -0.2) is 9.97 Å². The number of halogens is 1. The van der Waals surface area contributed by atoms with E-state index in [9.17, 15) is 4.79 Å². The molecule has 1 fully saturated rings. The minimum Gasteiger partial charge on any atom is -0.357 e. The lowest BCUT2D eigenvalue weighted by Crippen LogP contribution is -2.31. The van der Waals surface area contributed by atoms with Crippen molar-refractivity contribution in [1.29, 1.82) is 0 Å². The van der Waals surface area contributed by atoms with Gasteiger partial charge in [-0.2, -0.15) is 0 Å². The van der Waals surface area contributed by atoms with Gasteiger partial charge in [0.1, 0.15) is 11.6 Å². The maximum atomic E-state index is 12.2. The Kier molecular flexibility index (Phi) is 5.45. The molecule has 5 nitrogen and oxygen atoms in total. The van der Waals surface area contributed by atoms with Crippen molar-refractivity contribution in [3.05, 3.63) is 51.9 Å². The van der Waals surface area contributed by atoms with E-state index in [-0.39, 0.29) is 5.91 Å². The van der Waals surface area contributed by atoms with Gasteiger partial charge in [-0.05, 0) is 44.4 Å². The van der Waals surface area contributed by atoms with Gasteiger partial charge >= 0.3 is 0 Å². The van der Waals surface area contributed by atoms with Crippen LogP contribution in [0.4, 0.5) is 5.82 Å². The number of amides is 1. The summed E-state index contributed by atoms with van der Waals surface area (Å²) in [4.78, 5) is 23.6. The predicted molar refractivity (Wildman–Crippen MR) is 98.1 cm³/mol. The standard InChI is InChI=1S/C18H21BrN4O/c1-13-10-17(23-8-3-2-4-9-23)22-16(21-13)12-20-18(24)14-6-5-7-15(19)11-14/h5-7,10-11H,2-4,8-9,12H2,1H3,(H,20,24). The number of aromatic nitrogens is 2. The van der Waals surface area contributed by atoms with Crippen LogP contribution in [0, 0.1) is 6.92 Å². The lowest BCUT2D eigenvalue weighted by molar-refractivity contribution is 0.0949. The Morgan fingerprint density at radius 3 is 2.75 bits per heavy atom. The molecule has 2 heterocycles. The molecule has 1 aromatic heterocycles. The highest BCUT2D eigenvalue weighted by Crippen LogP contribution is 2.18. The van der Waals surface area contributed by atoms with Crippen LogP contribution in [0.15, 0.2) is 34.8 Å². The Balaban J connectivity index is 1.68. The zero-order valence-electron chi connectivity index (χ0n) is 13.8. The quantitative estimate of drug-likeness (QED) is 0.870. The van der Waals surface area contributed by atoms with E-state index in [4.69, 9.17) is 0 Å². The van der Waals surface area contributed by atoms with E-state index in [2.05, 4.69) is 36.1 Å². The molecule has 1 aliphatic heterocycles. The Morgan fingerprint density at radius 1 is 1.21 bits per heavy atom. The Hall–Kier alpha value is -1.95. The molecule has 0 spiro atoms. The second kappa shape index (κ2) is 7.75. The van der Waals surface area contributed by atoms with Crippen molar-refractivity contribution in [1.82, 2.24) is 15.3 Å². The highest BCUT2D eigenvalue weighted by atomic mass is 79.9. The molecule has 1 saturated heterocycles. The van der Waals surface area contributed by atoms with Crippen molar-refractivity contribution >= 4 is 27.7 Å². The van der Waals surface area contributed by atoms with Crippen LogP contribution in [0.25, 0.3) is 0 Å². The first-order chi connectivity index (χ1) is 11.6. The molecule has 1 aromatic carbocycles. The van der Waals surface area contributed by atoms with E-state index in [0.29, 0.717) is 17.9 Å². The van der Waals surface area contributed by atoms with Crippen molar-refractivity contribution in [2.45, 2.75) is 32.7 Å². The number of nitrogens with zero attached hydrogens (tertiary/aromatic N) is 3. The number of anilines is 1. The lowest BCUT2D eigenvalue weighted by Gasteiger charge is -2.28. The first-order valence-corrected chi connectivity index (χ1v) is 9.04. The molecule has 1 N–H and O–H groups in total. The van der Waals surface area contributed by atoms with Gasteiger partial charge in [0.15, 0.2) is 0 Å². The molecular weight excluding hydrogens is 368 g/mol. The number of piperidine rings is 1.